The normalized spacial score (nSPS) is 35.8. The van der Waals surface area contributed by atoms with Crippen molar-refractivity contribution < 1.29 is 0 Å². The number of hydrogen-bond donors (Lipinski definition) is 1. The minimum absolute atomic E-state index is 0.824. The summed E-state index contributed by atoms with van der Waals surface area (Å²) in [5.74, 6) is 1.86. The van der Waals surface area contributed by atoms with E-state index in [4.69, 9.17) is 0 Å². The Kier molecular flexibility index (Phi) is 4.07. The first kappa shape index (κ1) is 10.0. The molecule has 12 heavy (non-hydrogen) atoms. The van der Waals surface area contributed by atoms with Crippen LogP contribution in [0.3, 0.4) is 0 Å². The standard InChI is InChI=1S/C11H23N/c1-4-6-10-9(3)8-12-11(10)7-5-2/h9-12H,4-8H2,1-3H3/t9-,10?,11?/m1/s1. The minimum atomic E-state index is 0.824. The van der Waals surface area contributed by atoms with Gasteiger partial charge < -0.3 is 5.32 Å². The van der Waals surface area contributed by atoms with Crippen LogP contribution in [0.15, 0.2) is 0 Å². The molecule has 2 unspecified atom stereocenters. The zero-order valence-corrected chi connectivity index (χ0v) is 8.77. The Labute approximate surface area is 76.9 Å². The number of hydrogen-bond acceptors (Lipinski definition) is 1. The summed E-state index contributed by atoms with van der Waals surface area (Å²) >= 11 is 0. The van der Waals surface area contributed by atoms with Crippen LogP contribution in [0.4, 0.5) is 0 Å². The molecular formula is C11H23N. The van der Waals surface area contributed by atoms with Gasteiger partial charge in [0.2, 0.25) is 0 Å². The molecule has 1 heterocycles. The third-order valence-electron chi connectivity index (χ3n) is 3.17. The van der Waals surface area contributed by atoms with Gasteiger partial charge in [0, 0.05) is 6.04 Å². The Hall–Kier alpha value is -0.0400. The predicted molar refractivity (Wildman–Crippen MR) is 54.3 cm³/mol. The molecule has 72 valence electrons. The molecule has 0 aromatic rings. The summed E-state index contributed by atoms with van der Waals surface area (Å²) < 4.78 is 0. The van der Waals surface area contributed by atoms with E-state index in [1.165, 1.54) is 32.2 Å². The van der Waals surface area contributed by atoms with Crippen molar-refractivity contribution in [2.45, 2.75) is 52.5 Å². The van der Waals surface area contributed by atoms with Gasteiger partial charge >= 0.3 is 0 Å². The molecule has 1 rings (SSSR count). The fourth-order valence-corrected chi connectivity index (χ4v) is 2.48. The number of nitrogens with one attached hydrogen (secondary N) is 1. The molecule has 0 saturated carbocycles. The van der Waals surface area contributed by atoms with Gasteiger partial charge in [-0.15, -0.1) is 0 Å². The van der Waals surface area contributed by atoms with Gasteiger partial charge in [-0.05, 0) is 31.2 Å². The highest BCUT2D eigenvalue weighted by atomic mass is 15.0. The lowest BCUT2D eigenvalue weighted by molar-refractivity contribution is 0.339. The van der Waals surface area contributed by atoms with E-state index < -0.39 is 0 Å². The molecule has 1 N–H and O–H groups in total. The van der Waals surface area contributed by atoms with Crippen LogP contribution in [0.1, 0.15) is 46.5 Å². The average Bonchev–Trinajstić information content (AvgIpc) is 2.37. The second-order valence-electron chi connectivity index (χ2n) is 4.23. The van der Waals surface area contributed by atoms with Gasteiger partial charge in [-0.2, -0.15) is 0 Å². The molecule has 0 aromatic carbocycles. The highest BCUT2D eigenvalue weighted by molar-refractivity contribution is 4.87. The van der Waals surface area contributed by atoms with Crippen LogP contribution in [0.2, 0.25) is 0 Å². The van der Waals surface area contributed by atoms with Crippen molar-refractivity contribution in [1.29, 1.82) is 0 Å². The van der Waals surface area contributed by atoms with E-state index in [-0.39, 0.29) is 0 Å². The molecule has 1 fully saturated rings. The second kappa shape index (κ2) is 4.86. The molecule has 0 amide bonds. The van der Waals surface area contributed by atoms with Gasteiger partial charge in [0.15, 0.2) is 0 Å². The maximum absolute atomic E-state index is 3.64. The highest BCUT2D eigenvalue weighted by Crippen LogP contribution is 2.28. The van der Waals surface area contributed by atoms with Gasteiger partial charge in [0.05, 0.1) is 0 Å². The Morgan fingerprint density at radius 2 is 1.83 bits per heavy atom. The Morgan fingerprint density at radius 1 is 1.17 bits per heavy atom. The molecule has 0 aliphatic carbocycles. The summed E-state index contributed by atoms with van der Waals surface area (Å²) in [6.45, 7) is 8.22. The SMILES string of the molecule is CCCC1NC[C@@H](C)C1CCC. The molecule has 0 spiro atoms. The highest BCUT2D eigenvalue weighted by Gasteiger charge is 2.30. The molecule has 0 radical (unpaired) electrons. The van der Waals surface area contributed by atoms with Crippen LogP contribution >= 0.6 is 0 Å². The van der Waals surface area contributed by atoms with Crippen LogP contribution < -0.4 is 5.32 Å². The van der Waals surface area contributed by atoms with E-state index in [0.717, 1.165) is 17.9 Å². The Morgan fingerprint density at radius 3 is 2.42 bits per heavy atom. The molecule has 1 saturated heterocycles. The first-order valence-corrected chi connectivity index (χ1v) is 5.53. The van der Waals surface area contributed by atoms with Crippen molar-refractivity contribution in [1.82, 2.24) is 5.32 Å². The average molecular weight is 169 g/mol. The van der Waals surface area contributed by atoms with Crippen molar-refractivity contribution in [3.63, 3.8) is 0 Å². The summed E-state index contributed by atoms with van der Waals surface area (Å²) in [6, 6.07) is 0.824. The van der Waals surface area contributed by atoms with Gasteiger partial charge in [0.1, 0.15) is 0 Å². The topological polar surface area (TPSA) is 12.0 Å². The van der Waals surface area contributed by atoms with E-state index in [1.54, 1.807) is 0 Å². The largest absolute Gasteiger partial charge is 0.313 e. The second-order valence-corrected chi connectivity index (χ2v) is 4.23. The van der Waals surface area contributed by atoms with Gasteiger partial charge in [-0.25, -0.2) is 0 Å². The van der Waals surface area contributed by atoms with Crippen molar-refractivity contribution in [3.8, 4) is 0 Å². The summed E-state index contributed by atoms with van der Waals surface area (Å²) in [7, 11) is 0. The van der Waals surface area contributed by atoms with Crippen molar-refractivity contribution in [3.05, 3.63) is 0 Å². The van der Waals surface area contributed by atoms with Gasteiger partial charge in [0.25, 0.3) is 0 Å². The Balaban J connectivity index is 2.39. The molecular weight excluding hydrogens is 146 g/mol. The molecule has 1 heteroatoms. The third kappa shape index (κ3) is 2.22. The summed E-state index contributed by atoms with van der Waals surface area (Å²) in [4.78, 5) is 0. The molecule has 0 bridgehead atoms. The van der Waals surface area contributed by atoms with Crippen LogP contribution in [-0.2, 0) is 0 Å². The first-order chi connectivity index (χ1) is 5.79. The third-order valence-corrected chi connectivity index (χ3v) is 3.17. The van der Waals surface area contributed by atoms with E-state index >= 15 is 0 Å². The van der Waals surface area contributed by atoms with Gasteiger partial charge in [-0.3, -0.25) is 0 Å². The maximum atomic E-state index is 3.64. The fraction of sp³-hybridized carbons (Fsp3) is 1.00. The lowest BCUT2D eigenvalue weighted by Gasteiger charge is -2.20. The van der Waals surface area contributed by atoms with Crippen molar-refractivity contribution in [2.24, 2.45) is 11.8 Å². The summed E-state index contributed by atoms with van der Waals surface area (Å²) in [5.41, 5.74) is 0. The maximum Gasteiger partial charge on any atom is 0.00983 e. The Bertz CT molecular complexity index is 120. The van der Waals surface area contributed by atoms with Crippen molar-refractivity contribution in [2.75, 3.05) is 6.54 Å². The van der Waals surface area contributed by atoms with Gasteiger partial charge in [-0.1, -0.05) is 33.6 Å². The van der Waals surface area contributed by atoms with E-state index in [0.29, 0.717) is 0 Å². The molecule has 1 aliphatic heterocycles. The fourth-order valence-electron chi connectivity index (χ4n) is 2.48. The summed E-state index contributed by atoms with van der Waals surface area (Å²) in [6.07, 6.45) is 5.45. The summed E-state index contributed by atoms with van der Waals surface area (Å²) in [5, 5.41) is 3.64. The molecule has 1 aliphatic rings. The van der Waals surface area contributed by atoms with Crippen molar-refractivity contribution >= 4 is 0 Å². The molecule has 3 atom stereocenters. The molecule has 0 aromatic heterocycles. The lowest BCUT2D eigenvalue weighted by atomic mass is 9.86. The minimum Gasteiger partial charge on any atom is -0.313 e. The lowest BCUT2D eigenvalue weighted by Crippen LogP contribution is -2.26. The van der Waals surface area contributed by atoms with Crippen LogP contribution in [0, 0.1) is 11.8 Å². The number of rotatable bonds is 4. The van der Waals surface area contributed by atoms with E-state index in [2.05, 4.69) is 26.1 Å². The predicted octanol–water partition coefficient (Wildman–Crippen LogP) is 2.81. The quantitative estimate of drug-likeness (QED) is 0.682. The van der Waals surface area contributed by atoms with Crippen LogP contribution in [0.25, 0.3) is 0 Å². The zero-order valence-electron chi connectivity index (χ0n) is 8.77. The first-order valence-electron chi connectivity index (χ1n) is 5.53. The monoisotopic (exact) mass is 169 g/mol. The van der Waals surface area contributed by atoms with Crippen LogP contribution in [0.5, 0.6) is 0 Å². The molecule has 1 nitrogen and oxygen atoms in total. The van der Waals surface area contributed by atoms with E-state index in [9.17, 15) is 0 Å². The van der Waals surface area contributed by atoms with Crippen LogP contribution in [-0.4, -0.2) is 12.6 Å². The zero-order chi connectivity index (χ0) is 8.97. The smallest absolute Gasteiger partial charge is 0.00983 e. The van der Waals surface area contributed by atoms with E-state index in [1.807, 2.05) is 0 Å².